The standard InChI is InChI=1S/C23H30N2O2S2/c1-7-9-24-21(26)20(29-22(24)28)12-16-11-17-15(3)14-23(4,5)25(10-8-2)18(17)13-19(16)27-6/h7,11-13,15H,1,8-10,14H2,2-6H3/b20-12+. The van der Waals surface area contributed by atoms with E-state index >= 15 is 0 Å². The van der Waals surface area contributed by atoms with Gasteiger partial charge in [0.1, 0.15) is 10.1 Å². The molecular formula is C23H30N2O2S2. The maximum atomic E-state index is 12.7. The molecule has 6 heteroatoms. The highest BCUT2D eigenvalue weighted by Gasteiger charge is 2.37. The van der Waals surface area contributed by atoms with Gasteiger partial charge in [-0.1, -0.05) is 43.9 Å². The van der Waals surface area contributed by atoms with Crippen molar-refractivity contribution in [1.82, 2.24) is 4.90 Å². The van der Waals surface area contributed by atoms with Gasteiger partial charge in [0, 0.05) is 35.9 Å². The van der Waals surface area contributed by atoms with Gasteiger partial charge in [0.25, 0.3) is 5.91 Å². The van der Waals surface area contributed by atoms with E-state index in [0.29, 0.717) is 21.7 Å². The number of thiocarbonyl (C=S) groups is 1. The number of benzene rings is 1. The lowest BCUT2D eigenvalue weighted by Crippen LogP contribution is -2.48. The third kappa shape index (κ3) is 4.10. The Morgan fingerprint density at radius 2 is 2.14 bits per heavy atom. The fraction of sp³-hybridized carbons (Fsp3) is 0.478. The van der Waals surface area contributed by atoms with Crippen LogP contribution in [0.2, 0.25) is 0 Å². The zero-order chi connectivity index (χ0) is 21.3. The predicted octanol–water partition coefficient (Wildman–Crippen LogP) is 5.58. The smallest absolute Gasteiger partial charge is 0.266 e. The molecule has 1 saturated heterocycles. The zero-order valence-electron chi connectivity index (χ0n) is 17.9. The van der Waals surface area contributed by atoms with Crippen LogP contribution >= 0.6 is 24.0 Å². The first kappa shape index (κ1) is 21.9. The quantitative estimate of drug-likeness (QED) is 0.334. The van der Waals surface area contributed by atoms with Gasteiger partial charge in [-0.25, -0.2) is 0 Å². The topological polar surface area (TPSA) is 32.8 Å². The summed E-state index contributed by atoms with van der Waals surface area (Å²) in [5.41, 5.74) is 3.57. The summed E-state index contributed by atoms with van der Waals surface area (Å²) >= 11 is 6.70. The van der Waals surface area contributed by atoms with Crippen LogP contribution in [0.15, 0.2) is 29.7 Å². The number of ether oxygens (including phenoxy) is 1. The Balaban J connectivity index is 2.07. The molecule has 0 bridgehead atoms. The molecule has 1 aromatic carbocycles. The van der Waals surface area contributed by atoms with E-state index in [1.807, 2.05) is 6.08 Å². The molecule has 0 radical (unpaired) electrons. The molecule has 0 aromatic heterocycles. The van der Waals surface area contributed by atoms with E-state index in [-0.39, 0.29) is 11.4 Å². The van der Waals surface area contributed by atoms with Gasteiger partial charge in [0.05, 0.1) is 12.0 Å². The largest absolute Gasteiger partial charge is 0.496 e. The van der Waals surface area contributed by atoms with E-state index in [9.17, 15) is 4.79 Å². The third-order valence-corrected chi connectivity index (χ3v) is 7.03. The van der Waals surface area contributed by atoms with E-state index in [2.05, 4.69) is 51.3 Å². The third-order valence-electron chi connectivity index (χ3n) is 5.66. The van der Waals surface area contributed by atoms with E-state index in [1.165, 1.54) is 23.0 Å². The van der Waals surface area contributed by atoms with Crippen molar-refractivity contribution in [3.8, 4) is 5.75 Å². The summed E-state index contributed by atoms with van der Waals surface area (Å²) in [5, 5.41) is 0. The van der Waals surface area contributed by atoms with Crippen molar-refractivity contribution in [3.05, 3.63) is 40.8 Å². The van der Waals surface area contributed by atoms with Gasteiger partial charge in [-0.3, -0.25) is 9.69 Å². The van der Waals surface area contributed by atoms with Crippen LogP contribution in [-0.4, -0.2) is 40.9 Å². The number of carbonyl (C=O) groups is 1. The minimum atomic E-state index is -0.0681. The van der Waals surface area contributed by atoms with Gasteiger partial charge in [-0.15, -0.1) is 6.58 Å². The second kappa shape index (κ2) is 8.52. The summed E-state index contributed by atoms with van der Waals surface area (Å²) in [6.45, 7) is 14.3. The second-order valence-electron chi connectivity index (χ2n) is 8.30. The van der Waals surface area contributed by atoms with E-state index < -0.39 is 0 Å². The molecule has 0 spiro atoms. The molecule has 1 aromatic rings. The van der Waals surface area contributed by atoms with Crippen molar-refractivity contribution in [2.24, 2.45) is 0 Å². The Hall–Kier alpha value is -1.79. The summed E-state index contributed by atoms with van der Waals surface area (Å²) in [7, 11) is 1.68. The van der Waals surface area contributed by atoms with Crippen LogP contribution in [0.25, 0.3) is 6.08 Å². The number of fused-ring (bicyclic) bond motifs is 1. The summed E-state index contributed by atoms with van der Waals surface area (Å²) < 4.78 is 6.31. The molecule has 0 N–H and O–H groups in total. The average Bonchev–Trinajstić information content (AvgIpc) is 2.92. The maximum Gasteiger partial charge on any atom is 0.266 e. The van der Waals surface area contributed by atoms with Crippen molar-refractivity contribution >= 4 is 46.0 Å². The summed E-state index contributed by atoms with van der Waals surface area (Å²) in [4.78, 5) is 17.4. The maximum absolute atomic E-state index is 12.7. The number of methoxy groups -OCH3 is 1. The van der Waals surface area contributed by atoms with E-state index in [0.717, 1.165) is 30.7 Å². The van der Waals surface area contributed by atoms with Crippen LogP contribution in [0.1, 0.15) is 57.6 Å². The van der Waals surface area contributed by atoms with Crippen LogP contribution < -0.4 is 9.64 Å². The first-order chi connectivity index (χ1) is 13.7. The highest BCUT2D eigenvalue weighted by atomic mass is 32.2. The van der Waals surface area contributed by atoms with Crippen molar-refractivity contribution in [1.29, 1.82) is 0 Å². The molecule has 3 rings (SSSR count). The van der Waals surface area contributed by atoms with Crippen LogP contribution in [-0.2, 0) is 4.79 Å². The average molecular weight is 431 g/mol. The molecule has 1 amide bonds. The Kier molecular flexibility index (Phi) is 6.44. The Morgan fingerprint density at radius 3 is 2.76 bits per heavy atom. The number of nitrogens with zero attached hydrogens (tertiary/aromatic N) is 2. The van der Waals surface area contributed by atoms with Crippen LogP contribution in [0.4, 0.5) is 5.69 Å². The van der Waals surface area contributed by atoms with Gasteiger partial charge in [0.2, 0.25) is 0 Å². The van der Waals surface area contributed by atoms with Crippen molar-refractivity contribution in [3.63, 3.8) is 0 Å². The van der Waals surface area contributed by atoms with Gasteiger partial charge >= 0.3 is 0 Å². The van der Waals surface area contributed by atoms with Crippen LogP contribution in [0.3, 0.4) is 0 Å². The lowest BCUT2D eigenvalue weighted by Gasteiger charge is -2.47. The Bertz CT molecular complexity index is 876. The number of rotatable bonds is 6. The first-order valence-corrected chi connectivity index (χ1v) is 11.3. The molecular weight excluding hydrogens is 400 g/mol. The monoisotopic (exact) mass is 430 g/mol. The highest BCUT2D eigenvalue weighted by molar-refractivity contribution is 8.26. The van der Waals surface area contributed by atoms with Crippen molar-refractivity contribution < 1.29 is 9.53 Å². The van der Waals surface area contributed by atoms with Crippen molar-refractivity contribution in [2.45, 2.75) is 52.0 Å². The van der Waals surface area contributed by atoms with Crippen LogP contribution in [0, 0.1) is 0 Å². The lowest BCUT2D eigenvalue weighted by molar-refractivity contribution is -0.121. The molecule has 2 aliphatic rings. The number of hydrogen-bond donors (Lipinski definition) is 0. The van der Waals surface area contributed by atoms with E-state index in [1.54, 1.807) is 18.1 Å². The molecule has 4 nitrogen and oxygen atoms in total. The molecule has 1 unspecified atom stereocenters. The highest BCUT2D eigenvalue weighted by Crippen LogP contribution is 2.46. The Labute approximate surface area is 184 Å². The van der Waals surface area contributed by atoms with Gasteiger partial charge in [0.15, 0.2) is 0 Å². The summed E-state index contributed by atoms with van der Waals surface area (Å²) in [6, 6.07) is 4.33. The van der Waals surface area contributed by atoms with Crippen molar-refractivity contribution in [2.75, 3.05) is 25.1 Å². The molecule has 0 aliphatic carbocycles. The Morgan fingerprint density at radius 1 is 1.41 bits per heavy atom. The first-order valence-electron chi connectivity index (χ1n) is 10.1. The van der Waals surface area contributed by atoms with Gasteiger partial charge in [-0.05, 0) is 50.3 Å². The molecule has 1 atom stereocenters. The summed E-state index contributed by atoms with van der Waals surface area (Å²) in [6.07, 6.45) is 5.79. The normalized spacial score (nSPS) is 22.2. The number of anilines is 1. The minimum Gasteiger partial charge on any atom is -0.496 e. The minimum absolute atomic E-state index is 0.0681. The van der Waals surface area contributed by atoms with Gasteiger partial charge < -0.3 is 9.64 Å². The molecule has 1 fully saturated rings. The van der Waals surface area contributed by atoms with Gasteiger partial charge in [-0.2, -0.15) is 0 Å². The number of hydrogen-bond acceptors (Lipinski definition) is 5. The number of amides is 1. The molecule has 2 heterocycles. The second-order valence-corrected chi connectivity index (χ2v) is 9.98. The molecule has 29 heavy (non-hydrogen) atoms. The lowest BCUT2D eigenvalue weighted by atomic mass is 9.79. The molecule has 156 valence electrons. The molecule has 0 saturated carbocycles. The zero-order valence-corrected chi connectivity index (χ0v) is 19.6. The number of carbonyl (C=O) groups excluding carboxylic acids is 1. The predicted molar refractivity (Wildman–Crippen MR) is 128 cm³/mol. The molecule has 2 aliphatic heterocycles. The number of thioether (sulfide) groups is 1. The van der Waals surface area contributed by atoms with Crippen LogP contribution in [0.5, 0.6) is 5.75 Å². The SMILES string of the molecule is C=CCN1C(=O)/C(=C\c2cc3c(cc2OC)N(CCC)C(C)(C)CC3C)SC1=S. The fourth-order valence-electron chi connectivity index (χ4n) is 4.39. The van der Waals surface area contributed by atoms with E-state index in [4.69, 9.17) is 17.0 Å². The summed E-state index contributed by atoms with van der Waals surface area (Å²) in [5.74, 6) is 1.15. The fourth-order valence-corrected chi connectivity index (χ4v) is 5.66.